The summed E-state index contributed by atoms with van der Waals surface area (Å²) in [6.07, 6.45) is 1.94. The Hall–Kier alpha value is -1.50. The predicted molar refractivity (Wildman–Crippen MR) is 110 cm³/mol. The van der Waals surface area contributed by atoms with Gasteiger partial charge in [0.05, 0.1) is 0 Å². The van der Waals surface area contributed by atoms with E-state index in [1.54, 1.807) is 19.0 Å². The Bertz CT molecular complexity index is 417. The van der Waals surface area contributed by atoms with Crippen molar-refractivity contribution in [1.29, 1.82) is 0 Å². The van der Waals surface area contributed by atoms with Crippen LogP contribution in [-0.2, 0) is 4.74 Å². The molecule has 7 heteroatoms. The minimum Gasteiger partial charge on any atom is -0.444 e. The zero-order valence-electron chi connectivity index (χ0n) is 18.2. The molecule has 0 aromatic heterocycles. The van der Waals surface area contributed by atoms with Gasteiger partial charge in [-0.25, -0.2) is 4.79 Å². The molecule has 0 aromatic rings. The number of likely N-dealkylation sites (N-methyl/N-ethyl adjacent to an activating group) is 1. The number of rotatable bonds is 10. The van der Waals surface area contributed by atoms with E-state index in [4.69, 9.17) is 4.74 Å². The highest BCUT2D eigenvalue weighted by Crippen LogP contribution is 2.08. The summed E-state index contributed by atoms with van der Waals surface area (Å²) in [6, 6.07) is 0.348. The topological polar surface area (TPSA) is 69.2 Å². The van der Waals surface area contributed by atoms with E-state index >= 15 is 0 Å². The van der Waals surface area contributed by atoms with Gasteiger partial charge >= 0.3 is 6.09 Å². The quantitative estimate of drug-likeness (QED) is 0.456. The fourth-order valence-electron chi connectivity index (χ4n) is 2.43. The third kappa shape index (κ3) is 12.0. The van der Waals surface area contributed by atoms with Gasteiger partial charge in [-0.2, -0.15) is 0 Å². The zero-order chi connectivity index (χ0) is 20.2. The monoisotopic (exact) mass is 371 g/mol. The van der Waals surface area contributed by atoms with E-state index < -0.39 is 5.60 Å². The number of carbonyl (C=O) groups excluding carboxylic acids is 1. The van der Waals surface area contributed by atoms with E-state index in [1.165, 1.54) is 0 Å². The average molecular weight is 372 g/mol. The highest BCUT2D eigenvalue weighted by Gasteiger charge is 2.19. The first-order valence-electron chi connectivity index (χ1n) is 9.76. The SMILES string of the molecule is CCN(CC)CCCC(C)NC(=NC)NCCN(C)C(=O)OC(C)(C)C. The van der Waals surface area contributed by atoms with Crippen molar-refractivity contribution >= 4 is 12.1 Å². The first-order valence-corrected chi connectivity index (χ1v) is 9.76. The highest BCUT2D eigenvalue weighted by molar-refractivity contribution is 5.80. The Kier molecular flexibility index (Phi) is 12.1. The molecule has 154 valence electrons. The van der Waals surface area contributed by atoms with Crippen molar-refractivity contribution in [3.8, 4) is 0 Å². The van der Waals surface area contributed by atoms with Gasteiger partial charge in [0.25, 0.3) is 0 Å². The highest BCUT2D eigenvalue weighted by atomic mass is 16.6. The van der Waals surface area contributed by atoms with Crippen molar-refractivity contribution in [3.63, 3.8) is 0 Å². The van der Waals surface area contributed by atoms with Gasteiger partial charge < -0.3 is 25.2 Å². The van der Waals surface area contributed by atoms with Gasteiger partial charge in [-0.1, -0.05) is 13.8 Å². The number of ether oxygens (including phenoxy) is 1. The van der Waals surface area contributed by atoms with Crippen LogP contribution in [0.15, 0.2) is 4.99 Å². The third-order valence-electron chi connectivity index (χ3n) is 4.06. The fourth-order valence-corrected chi connectivity index (χ4v) is 2.43. The Morgan fingerprint density at radius 1 is 1.19 bits per heavy atom. The Morgan fingerprint density at radius 2 is 1.81 bits per heavy atom. The molecule has 1 atom stereocenters. The summed E-state index contributed by atoms with van der Waals surface area (Å²) in [5.41, 5.74) is -0.475. The molecular formula is C19H41N5O2. The smallest absolute Gasteiger partial charge is 0.410 e. The second kappa shape index (κ2) is 12.8. The van der Waals surface area contributed by atoms with Crippen molar-refractivity contribution in [1.82, 2.24) is 20.4 Å². The summed E-state index contributed by atoms with van der Waals surface area (Å²) in [6.45, 7) is 16.7. The second-order valence-corrected chi connectivity index (χ2v) is 7.62. The van der Waals surface area contributed by atoms with Crippen LogP contribution < -0.4 is 10.6 Å². The van der Waals surface area contributed by atoms with E-state index in [2.05, 4.69) is 41.3 Å². The van der Waals surface area contributed by atoms with Crippen molar-refractivity contribution in [3.05, 3.63) is 0 Å². The first kappa shape index (κ1) is 24.5. The molecule has 0 fully saturated rings. The molecule has 0 aliphatic carbocycles. The zero-order valence-corrected chi connectivity index (χ0v) is 18.2. The standard InChI is InChI=1S/C19H41N5O2/c1-9-24(10-2)14-11-12-16(3)22-17(20-7)21-13-15-23(8)18(25)26-19(4,5)6/h16H,9-15H2,1-8H3,(H2,20,21,22). The van der Waals surface area contributed by atoms with Gasteiger partial charge in [-0.3, -0.25) is 4.99 Å². The Balaban J connectivity index is 4.10. The van der Waals surface area contributed by atoms with Crippen LogP contribution in [0.3, 0.4) is 0 Å². The summed E-state index contributed by atoms with van der Waals surface area (Å²) in [4.78, 5) is 20.2. The largest absolute Gasteiger partial charge is 0.444 e. The molecule has 0 aliphatic rings. The molecule has 26 heavy (non-hydrogen) atoms. The molecular weight excluding hydrogens is 330 g/mol. The van der Waals surface area contributed by atoms with E-state index in [1.807, 2.05) is 20.8 Å². The van der Waals surface area contributed by atoms with Crippen LogP contribution in [0.1, 0.15) is 54.4 Å². The van der Waals surface area contributed by atoms with Crippen LogP contribution >= 0.6 is 0 Å². The van der Waals surface area contributed by atoms with E-state index in [0.717, 1.165) is 38.4 Å². The number of nitrogens with one attached hydrogen (secondary N) is 2. The van der Waals surface area contributed by atoms with Gasteiger partial charge in [0.15, 0.2) is 5.96 Å². The summed E-state index contributed by atoms with van der Waals surface area (Å²) in [5, 5.41) is 6.65. The number of carbonyl (C=O) groups is 1. The number of aliphatic imine (C=N–C) groups is 1. The van der Waals surface area contributed by atoms with Gasteiger partial charge in [0, 0.05) is 33.2 Å². The van der Waals surface area contributed by atoms with E-state index in [-0.39, 0.29) is 6.09 Å². The van der Waals surface area contributed by atoms with E-state index in [9.17, 15) is 4.79 Å². The summed E-state index contributed by atoms with van der Waals surface area (Å²) >= 11 is 0. The predicted octanol–water partition coefficient (Wildman–Crippen LogP) is 2.53. The first-order chi connectivity index (χ1) is 12.1. The number of nitrogens with zero attached hydrogens (tertiary/aromatic N) is 3. The molecule has 0 rings (SSSR count). The molecule has 1 unspecified atom stereocenters. The van der Waals surface area contributed by atoms with Crippen molar-refractivity contribution in [2.24, 2.45) is 4.99 Å². The van der Waals surface area contributed by atoms with Crippen LogP contribution in [0.4, 0.5) is 4.79 Å². The van der Waals surface area contributed by atoms with Crippen molar-refractivity contribution in [2.75, 3.05) is 46.8 Å². The summed E-state index contributed by atoms with van der Waals surface area (Å²) in [5.74, 6) is 0.762. The van der Waals surface area contributed by atoms with Crippen LogP contribution in [0, 0.1) is 0 Å². The average Bonchev–Trinajstić information content (AvgIpc) is 2.56. The lowest BCUT2D eigenvalue weighted by Crippen LogP contribution is -2.45. The third-order valence-corrected chi connectivity index (χ3v) is 4.06. The maximum Gasteiger partial charge on any atom is 0.410 e. The summed E-state index contributed by atoms with van der Waals surface area (Å²) < 4.78 is 5.34. The number of guanidine groups is 1. The molecule has 1 amide bonds. The molecule has 2 N–H and O–H groups in total. The maximum atomic E-state index is 11.9. The molecule has 0 radical (unpaired) electrons. The lowest BCUT2D eigenvalue weighted by atomic mass is 10.2. The summed E-state index contributed by atoms with van der Waals surface area (Å²) in [7, 11) is 3.50. The van der Waals surface area contributed by atoms with Crippen molar-refractivity contribution < 1.29 is 9.53 Å². The fraction of sp³-hybridized carbons (Fsp3) is 0.895. The molecule has 0 saturated heterocycles. The molecule has 0 aliphatic heterocycles. The van der Waals surface area contributed by atoms with Crippen molar-refractivity contribution in [2.45, 2.75) is 66.0 Å². The minimum absolute atomic E-state index is 0.313. The molecule has 0 bridgehead atoms. The maximum absolute atomic E-state index is 11.9. The molecule has 0 heterocycles. The van der Waals surface area contributed by atoms with Crippen LogP contribution in [0.25, 0.3) is 0 Å². The lowest BCUT2D eigenvalue weighted by molar-refractivity contribution is 0.0302. The van der Waals surface area contributed by atoms with Gasteiger partial charge in [-0.15, -0.1) is 0 Å². The number of hydrogen-bond acceptors (Lipinski definition) is 4. The molecule has 0 spiro atoms. The van der Waals surface area contributed by atoms with Crippen LogP contribution in [-0.4, -0.2) is 80.3 Å². The second-order valence-electron chi connectivity index (χ2n) is 7.62. The Morgan fingerprint density at radius 3 is 2.31 bits per heavy atom. The molecule has 0 aromatic carbocycles. The van der Waals surface area contributed by atoms with Crippen LogP contribution in [0.2, 0.25) is 0 Å². The molecule has 7 nitrogen and oxygen atoms in total. The normalized spacial score (nSPS) is 13.5. The number of hydrogen-bond donors (Lipinski definition) is 2. The van der Waals surface area contributed by atoms with Crippen LogP contribution in [0.5, 0.6) is 0 Å². The minimum atomic E-state index is -0.475. The van der Waals surface area contributed by atoms with Gasteiger partial charge in [-0.05, 0) is 60.2 Å². The van der Waals surface area contributed by atoms with E-state index in [0.29, 0.717) is 19.1 Å². The molecule has 0 saturated carbocycles. The lowest BCUT2D eigenvalue weighted by Gasteiger charge is -2.25. The van der Waals surface area contributed by atoms with Gasteiger partial charge in [0.2, 0.25) is 0 Å². The van der Waals surface area contributed by atoms with Gasteiger partial charge in [0.1, 0.15) is 5.60 Å². The Labute approximate surface area is 160 Å². The number of amides is 1.